The summed E-state index contributed by atoms with van der Waals surface area (Å²) in [7, 11) is 1.55. The largest absolute Gasteiger partial charge is 0.495 e. The molecular formula is C27H33NO5. The highest BCUT2D eigenvalue weighted by molar-refractivity contribution is 6.08. The minimum Gasteiger partial charge on any atom is -0.495 e. The van der Waals surface area contributed by atoms with Crippen molar-refractivity contribution in [2.75, 3.05) is 12.4 Å². The number of rotatable bonds is 5. The van der Waals surface area contributed by atoms with Gasteiger partial charge in [0.1, 0.15) is 16.9 Å². The number of furan rings is 1. The number of hydrogen-bond acceptors (Lipinski definition) is 5. The first kappa shape index (κ1) is 23.1. The zero-order valence-electron chi connectivity index (χ0n) is 20.1. The predicted octanol–water partition coefficient (Wildman–Crippen LogP) is 6.32. The number of esters is 1. The van der Waals surface area contributed by atoms with Crippen LogP contribution in [0.1, 0.15) is 53.4 Å². The van der Waals surface area contributed by atoms with E-state index in [-0.39, 0.29) is 17.3 Å². The molecule has 1 saturated carbocycles. The van der Waals surface area contributed by atoms with Crippen LogP contribution in [0, 0.1) is 17.3 Å². The summed E-state index contributed by atoms with van der Waals surface area (Å²) in [5.74, 6) is 0.301. The molecule has 1 aromatic heterocycles. The third kappa shape index (κ3) is 4.85. The predicted molar refractivity (Wildman–Crippen MR) is 129 cm³/mol. The Bertz CT molecular complexity index is 1160. The molecular weight excluding hydrogens is 418 g/mol. The lowest BCUT2D eigenvalue weighted by Crippen LogP contribution is -2.34. The molecule has 6 heteroatoms. The van der Waals surface area contributed by atoms with Crippen LogP contribution in [0.2, 0.25) is 0 Å². The normalized spacial score (nSPS) is 19.9. The van der Waals surface area contributed by atoms with Gasteiger partial charge in [0.15, 0.2) is 6.10 Å². The van der Waals surface area contributed by atoms with E-state index >= 15 is 0 Å². The number of hydrogen-bond donors (Lipinski definition) is 1. The second kappa shape index (κ2) is 9.08. The Kier molecular flexibility index (Phi) is 6.37. The van der Waals surface area contributed by atoms with E-state index in [2.05, 4.69) is 26.1 Å². The summed E-state index contributed by atoms with van der Waals surface area (Å²) in [5, 5.41) is 4.72. The topological polar surface area (TPSA) is 77.8 Å². The van der Waals surface area contributed by atoms with Crippen molar-refractivity contribution in [3.63, 3.8) is 0 Å². The van der Waals surface area contributed by atoms with E-state index in [0.717, 1.165) is 42.0 Å². The number of fused-ring (bicyclic) bond motifs is 3. The van der Waals surface area contributed by atoms with Crippen LogP contribution in [0.15, 0.2) is 40.8 Å². The summed E-state index contributed by atoms with van der Waals surface area (Å²) in [6.45, 7) is 8.35. The molecule has 0 saturated heterocycles. The van der Waals surface area contributed by atoms with Crippen molar-refractivity contribution in [3.05, 3.63) is 36.4 Å². The zero-order chi connectivity index (χ0) is 23.8. The smallest absolute Gasteiger partial charge is 0.309 e. The number of carbonyl (C=O) groups is 2. The molecule has 176 valence electrons. The summed E-state index contributed by atoms with van der Waals surface area (Å²) >= 11 is 0. The average molecular weight is 452 g/mol. The molecule has 1 amide bonds. The molecule has 1 heterocycles. The van der Waals surface area contributed by atoms with Crippen LogP contribution in [0.5, 0.6) is 5.75 Å². The maximum atomic E-state index is 12.8. The number of anilines is 1. The second-order valence-corrected chi connectivity index (χ2v) is 10.1. The van der Waals surface area contributed by atoms with Gasteiger partial charge in [-0.3, -0.25) is 9.59 Å². The Balaban J connectivity index is 1.42. The lowest BCUT2D eigenvalue weighted by molar-refractivity contribution is -0.158. The minimum atomic E-state index is -0.908. The van der Waals surface area contributed by atoms with Crippen LogP contribution in [0.3, 0.4) is 0 Å². The molecule has 1 unspecified atom stereocenters. The van der Waals surface area contributed by atoms with E-state index in [1.54, 1.807) is 20.1 Å². The van der Waals surface area contributed by atoms with Crippen LogP contribution in [-0.2, 0) is 14.3 Å². The van der Waals surface area contributed by atoms with E-state index in [9.17, 15) is 9.59 Å². The number of carbonyl (C=O) groups excluding carboxylic acids is 2. The van der Waals surface area contributed by atoms with Crippen LogP contribution in [-0.4, -0.2) is 25.1 Å². The Labute approximate surface area is 194 Å². The Morgan fingerprint density at radius 3 is 2.39 bits per heavy atom. The van der Waals surface area contributed by atoms with Crippen LogP contribution in [0.25, 0.3) is 21.9 Å². The zero-order valence-corrected chi connectivity index (χ0v) is 20.1. The van der Waals surface area contributed by atoms with E-state index in [0.29, 0.717) is 22.9 Å². The standard InChI is InChI=1S/C27H33NO5/c1-16(32-26(30)17-10-12-18(13-11-17)27(2,3)4)25(29)28-21-15-23-20(14-24(21)31-5)19-8-6-7-9-22(19)33-23/h6-9,14-18H,10-13H2,1-5H3,(H,28,29). The third-order valence-electron chi connectivity index (χ3n) is 6.90. The molecule has 1 fully saturated rings. The molecule has 1 atom stereocenters. The van der Waals surface area contributed by atoms with Gasteiger partial charge in [0.05, 0.1) is 18.7 Å². The van der Waals surface area contributed by atoms with E-state index in [1.807, 2.05) is 30.3 Å². The third-order valence-corrected chi connectivity index (χ3v) is 6.90. The monoisotopic (exact) mass is 451 g/mol. The summed E-state index contributed by atoms with van der Waals surface area (Å²) < 4.78 is 17.0. The Morgan fingerprint density at radius 2 is 1.73 bits per heavy atom. The van der Waals surface area contributed by atoms with Crippen LogP contribution < -0.4 is 10.1 Å². The molecule has 33 heavy (non-hydrogen) atoms. The van der Waals surface area contributed by atoms with Crippen molar-refractivity contribution in [3.8, 4) is 5.75 Å². The first-order valence-corrected chi connectivity index (χ1v) is 11.7. The van der Waals surface area contributed by atoms with E-state index in [4.69, 9.17) is 13.9 Å². The molecule has 0 radical (unpaired) electrons. The molecule has 4 rings (SSSR count). The lowest BCUT2D eigenvalue weighted by Gasteiger charge is -2.36. The van der Waals surface area contributed by atoms with Gasteiger partial charge >= 0.3 is 5.97 Å². The fourth-order valence-corrected chi connectivity index (χ4v) is 4.77. The number of amides is 1. The van der Waals surface area contributed by atoms with Gasteiger partial charge < -0.3 is 19.2 Å². The first-order chi connectivity index (χ1) is 15.7. The summed E-state index contributed by atoms with van der Waals surface area (Å²) in [5.41, 5.74) is 2.14. The highest BCUT2D eigenvalue weighted by Crippen LogP contribution is 2.40. The summed E-state index contributed by atoms with van der Waals surface area (Å²) in [6, 6.07) is 11.3. The van der Waals surface area contributed by atoms with Gasteiger partial charge in [0.25, 0.3) is 5.91 Å². The average Bonchev–Trinajstić information content (AvgIpc) is 3.15. The highest BCUT2D eigenvalue weighted by atomic mass is 16.5. The van der Waals surface area contributed by atoms with Gasteiger partial charge in [0.2, 0.25) is 0 Å². The van der Waals surface area contributed by atoms with Gasteiger partial charge in [0, 0.05) is 16.8 Å². The van der Waals surface area contributed by atoms with Crippen molar-refractivity contribution >= 4 is 39.5 Å². The SMILES string of the molecule is COc1cc2c(cc1NC(=O)C(C)OC(=O)C1CCC(C(C)(C)C)CC1)oc1ccccc12. The first-order valence-electron chi connectivity index (χ1n) is 11.7. The van der Waals surface area contributed by atoms with Crippen LogP contribution in [0.4, 0.5) is 5.69 Å². The molecule has 6 nitrogen and oxygen atoms in total. The molecule has 0 bridgehead atoms. The second-order valence-electron chi connectivity index (χ2n) is 10.1. The number of ether oxygens (including phenoxy) is 2. The molecule has 1 aliphatic carbocycles. The molecule has 3 aromatic rings. The molecule has 0 spiro atoms. The minimum absolute atomic E-state index is 0.139. The Hall–Kier alpha value is -3.02. The highest BCUT2D eigenvalue weighted by Gasteiger charge is 2.34. The van der Waals surface area contributed by atoms with Gasteiger partial charge in [-0.25, -0.2) is 0 Å². The van der Waals surface area contributed by atoms with Crippen molar-refractivity contribution < 1.29 is 23.5 Å². The van der Waals surface area contributed by atoms with Gasteiger partial charge in [-0.1, -0.05) is 39.0 Å². The maximum absolute atomic E-state index is 12.8. The summed E-state index contributed by atoms with van der Waals surface area (Å²) in [6.07, 6.45) is 2.74. The summed E-state index contributed by atoms with van der Waals surface area (Å²) in [4.78, 5) is 25.5. The van der Waals surface area contributed by atoms with E-state index in [1.165, 1.54) is 0 Å². The number of methoxy groups -OCH3 is 1. The lowest BCUT2D eigenvalue weighted by atomic mass is 9.70. The molecule has 2 aromatic carbocycles. The molecule has 1 N–H and O–H groups in total. The van der Waals surface area contributed by atoms with Crippen molar-refractivity contribution in [1.29, 1.82) is 0 Å². The number of benzene rings is 2. The quantitative estimate of drug-likeness (QED) is 0.460. The van der Waals surface area contributed by atoms with Crippen molar-refractivity contribution in [2.24, 2.45) is 17.3 Å². The molecule has 1 aliphatic rings. The molecule has 0 aliphatic heterocycles. The Morgan fingerprint density at radius 1 is 1.03 bits per heavy atom. The van der Waals surface area contributed by atoms with Gasteiger partial charge in [-0.15, -0.1) is 0 Å². The number of para-hydroxylation sites is 1. The fraction of sp³-hybridized carbons (Fsp3) is 0.481. The fourth-order valence-electron chi connectivity index (χ4n) is 4.77. The van der Waals surface area contributed by atoms with E-state index < -0.39 is 12.0 Å². The number of nitrogens with one attached hydrogen (secondary N) is 1. The van der Waals surface area contributed by atoms with Crippen molar-refractivity contribution in [2.45, 2.75) is 59.5 Å². The van der Waals surface area contributed by atoms with Crippen molar-refractivity contribution in [1.82, 2.24) is 0 Å². The van der Waals surface area contributed by atoms with Gasteiger partial charge in [-0.05, 0) is 56.1 Å². The van der Waals surface area contributed by atoms with Gasteiger partial charge in [-0.2, -0.15) is 0 Å². The van der Waals surface area contributed by atoms with Crippen LogP contribution >= 0.6 is 0 Å². The maximum Gasteiger partial charge on any atom is 0.309 e.